The van der Waals surface area contributed by atoms with Gasteiger partial charge in [0.2, 0.25) is 6.29 Å². The predicted molar refractivity (Wildman–Crippen MR) is 63.6 cm³/mol. The Morgan fingerprint density at radius 2 is 2.31 bits per heavy atom. The van der Waals surface area contributed by atoms with Crippen molar-refractivity contribution in [3.63, 3.8) is 0 Å². The molecule has 0 saturated carbocycles. The highest BCUT2D eigenvalue weighted by Crippen LogP contribution is 2.22. The van der Waals surface area contributed by atoms with Gasteiger partial charge in [-0.05, 0) is 32.6 Å². The molecule has 0 saturated heterocycles. The third kappa shape index (κ3) is 4.71. The summed E-state index contributed by atoms with van der Waals surface area (Å²) in [6.07, 6.45) is 6.68. The molecular weight excluding hydrogens is 204 g/mol. The molecule has 0 radical (unpaired) electrons. The number of hydrogen-bond donors (Lipinski definition) is 1. The van der Waals surface area contributed by atoms with Gasteiger partial charge in [0.1, 0.15) is 12.9 Å². The third-order valence-electron chi connectivity index (χ3n) is 2.60. The van der Waals surface area contributed by atoms with Gasteiger partial charge in [-0.15, -0.1) is 0 Å². The van der Waals surface area contributed by atoms with E-state index in [4.69, 9.17) is 14.6 Å². The topological polar surface area (TPSA) is 38.7 Å². The molecule has 0 amide bonds. The zero-order valence-electron chi connectivity index (χ0n) is 10.4. The Morgan fingerprint density at radius 3 is 2.88 bits per heavy atom. The van der Waals surface area contributed by atoms with E-state index in [2.05, 4.69) is 26.8 Å². The molecule has 0 aliphatic carbocycles. The smallest absolute Gasteiger partial charge is 0.240 e. The molecule has 1 aliphatic heterocycles. The first kappa shape index (κ1) is 13.1. The van der Waals surface area contributed by atoms with Crippen molar-refractivity contribution in [2.75, 3.05) is 6.61 Å². The van der Waals surface area contributed by atoms with E-state index in [1.807, 2.05) is 0 Å². The third-order valence-corrected chi connectivity index (χ3v) is 2.60. The van der Waals surface area contributed by atoms with Crippen molar-refractivity contribution in [2.45, 2.75) is 46.3 Å². The first-order valence-corrected chi connectivity index (χ1v) is 5.87. The maximum atomic E-state index is 8.84. The van der Waals surface area contributed by atoms with E-state index in [1.54, 1.807) is 0 Å². The highest BCUT2D eigenvalue weighted by atomic mass is 16.7. The average molecular weight is 226 g/mol. The number of allylic oxidation sites excluding steroid dienone is 2. The molecule has 2 atom stereocenters. The Balaban J connectivity index is 2.16. The van der Waals surface area contributed by atoms with Crippen molar-refractivity contribution in [3.8, 4) is 0 Å². The van der Waals surface area contributed by atoms with Crippen molar-refractivity contribution >= 4 is 0 Å². The van der Waals surface area contributed by atoms with Crippen molar-refractivity contribution in [1.29, 1.82) is 0 Å². The minimum Gasteiger partial charge on any atom is -0.459 e. The monoisotopic (exact) mass is 226 g/mol. The molecule has 16 heavy (non-hydrogen) atoms. The van der Waals surface area contributed by atoms with E-state index in [0.717, 1.165) is 19.3 Å². The van der Waals surface area contributed by atoms with Gasteiger partial charge in [-0.3, -0.25) is 0 Å². The maximum Gasteiger partial charge on any atom is 0.240 e. The largest absolute Gasteiger partial charge is 0.459 e. The van der Waals surface area contributed by atoms with Crippen LogP contribution in [0.1, 0.15) is 40.0 Å². The Morgan fingerprint density at radius 1 is 1.56 bits per heavy atom. The number of ether oxygens (including phenoxy) is 2. The van der Waals surface area contributed by atoms with E-state index in [0.29, 0.717) is 11.7 Å². The number of aliphatic hydroxyl groups excluding tert-OH is 1. The van der Waals surface area contributed by atoms with Crippen LogP contribution in [-0.2, 0) is 9.47 Å². The molecule has 1 N–H and O–H groups in total. The minimum atomic E-state index is -0.205. The lowest BCUT2D eigenvalue weighted by Gasteiger charge is -2.16. The fourth-order valence-corrected chi connectivity index (χ4v) is 1.66. The zero-order chi connectivity index (χ0) is 12.0. The van der Waals surface area contributed by atoms with Crippen LogP contribution < -0.4 is 0 Å². The SMILES string of the molecule is CC(C)=CCC[C@@H](C)CC1OC=C(CO)O1. The molecule has 0 fully saturated rings. The summed E-state index contributed by atoms with van der Waals surface area (Å²) in [5.41, 5.74) is 1.37. The summed E-state index contributed by atoms with van der Waals surface area (Å²) in [6, 6.07) is 0. The van der Waals surface area contributed by atoms with Crippen LogP contribution in [0.5, 0.6) is 0 Å². The summed E-state index contributed by atoms with van der Waals surface area (Å²) in [5.74, 6) is 1.09. The predicted octanol–water partition coefficient (Wildman–Crippen LogP) is 2.97. The van der Waals surface area contributed by atoms with E-state index < -0.39 is 0 Å². The fraction of sp³-hybridized carbons (Fsp3) is 0.692. The summed E-state index contributed by atoms with van der Waals surface area (Å²) in [4.78, 5) is 0. The molecule has 92 valence electrons. The molecular formula is C13H22O3. The van der Waals surface area contributed by atoms with Crippen LogP contribution in [0.4, 0.5) is 0 Å². The van der Waals surface area contributed by atoms with Gasteiger partial charge < -0.3 is 14.6 Å². The standard InChI is InChI=1S/C13H22O3/c1-10(2)5-4-6-11(3)7-13-15-9-12(8-14)16-13/h5,9,11,13-14H,4,6-8H2,1-3H3/t11-,13?/m1/s1. The second-order valence-electron chi connectivity index (χ2n) is 4.63. The highest BCUT2D eigenvalue weighted by Gasteiger charge is 2.20. The van der Waals surface area contributed by atoms with Crippen LogP contribution in [0.3, 0.4) is 0 Å². The quantitative estimate of drug-likeness (QED) is 0.708. The normalized spacial score (nSPS) is 20.8. The maximum absolute atomic E-state index is 8.84. The molecule has 3 nitrogen and oxygen atoms in total. The van der Waals surface area contributed by atoms with Gasteiger partial charge in [-0.1, -0.05) is 18.6 Å². The molecule has 1 heterocycles. The number of rotatable bonds is 6. The Kier molecular flexibility index (Phi) is 5.39. The lowest BCUT2D eigenvalue weighted by atomic mass is 10.0. The Labute approximate surface area is 97.8 Å². The van der Waals surface area contributed by atoms with Crippen LogP contribution in [0.25, 0.3) is 0 Å². The summed E-state index contributed by atoms with van der Waals surface area (Å²) >= 11 is 0. The van der Waals surface area contributed by atoms with E-state index in [9.17, 15) is 0 Å². The van der Waals surface area contributed by atoms with Gasteiger partial charge in [0.15, 0.2) is 5.76 Å². The second-order valence-corrected chi connectivity index (χ2v) is 4.63. The molecule has 1 rings (SSSR count). The van der Waals surface area contributed by atoms with E-state index in [1.165, 1.54) is 11.8 Å². The number of hydrogen-bond acceptors (Lipinski definition) is 3. The van der Waals surface area contributed by atoms with Gasteiger partial charge in [-0.2, -0.15) is 0 Å². The molecule has 0 aromatic rings. The fourth-order valence-electron chi connectivity index (χ4n) is 1.66. The first-order valence-electron chi connectivity index (χ1n) is 5.87. The minimum absolute atomic E-state index is 0.0807. The van der Waals surface area contributed by atoms with Gasteiger partial charge in [0, 0.05) is 6.42 Å². The molecule has 1 unspecified atom stereocenters. The second kappa shape index (κ2) is 6.59. The summed E-state index contributed by atoms with van der Waals surface area (Å²) in [5, 5.41) is 8.84. The first-order chi connectivity index (χ1) is 7.61. The summed E-state index contributed by atoms with van der Waals surface area (Å²) < 4.78 is 10.7. The summed E-state index contributed by atoms with van der Waals surface area (Å²) in [6.45, 7) is 6.35. The molecule has 0 bridgehead atoms. The zero-order valence-corrected chi connectivity index (χ0v) is 10.4. The molecule has 0 spiro atoms. The van der Waals surface area contributed by atoms with Gasteiger partial charge in [-0.25, -0.2) is 0 Å². The van der Waals surface area contributed by atoms with Crippen molar-refractivity contribution < 1.29 is 14.6 Å². The van der Waals surface area contributed by atoms with Gasteiger partial charge in [0.05, 0.1) is 0 Å². The van der Waals surface area contributed by atoms with Crippen LogP contribution in [-0.4, -0.2) is 18.0 Å². The van der Waals surface area contributed by atoms with E-state index in [-0.39, 0.29) is 12.9 Å². The average Bonchev–Trinajstić information content (AvgIpc) is 2.65. The van der Waals surface area contributed by atoms with Crippen molar-refractivity contribution in [2.24, 2.45) is 5.92 Å². The van der Waals surface area contributed by atoms with E-state index >= 15 is 0 Å². The van der Waals surface area contributed by atoms with Crippen LogP contribution in [0, 0.1) is 5.92 Å². The van der Waals surface area contributed by atoms with Crippen LogP contribution >= 0.6 is 0 Å². The van der Waals surface area contributed by atoms with Crippen molar-refractivity contribution in [3.05, 3.63) is 23.7 Å². The molecule has 0 aromatic heterocycles. The van der Waals surface area contributed by atoms with Gasteiger partial charge >= 0.3 is 0 Å². The van der Waals surface area contributed by atoms with Crippen molar-refractivity contribution in [1.82, 2.24) is 0 Å². The lowest BCUT2D eigenvalue weighted by Crippen LogP contribution is -2.13. The van der Waals surface area contributed by atoms with Crippen LogP contribution in [0.15, 0.2) is 23.7 Å². The summed E-state index contributed by atoms with van der Waals surface area (Å²) in [7, 11) is 0. The lowest BCUT2D eigenvalue weighted by molar-refractivity contribution is -0.0513. The molecule has 1 aliphatic rings. The molecule has 0 aromatic carbocycles. The number of aliphatic hydroxyl groups is 1. The highest BCUT2D eigenvalue weighted by molar-refractivity contribution is 4.94. The van der Waals surface area contributed by atoms with Crippen LogP contribution in [0.2, 0.25) is 0 Å². The Bertz CT molecular complexity index is 264. The van der Waals surface area contributed by atoms with Gasteiger partial charge in [0.25, 0.3) is 0 Å². The Hall–Kier alpha value is -0.960. The molecule has 3 heteroatoms.